The smallest absolute Gasteiger partial charge is 0.201 e. The third-order valence-corrected chi connectivity index (χ3v) is 12.9. The summed E-state index contributed by atoms with van der Waals surface area (Å²) in [4.78, 5) is 0. The number of unbranched alkanes of at least 4 members (excludes halogenated alkanes) is 6. The highest BCUT2D eigenvalue weighted by atomic mass is 28.4. The first-order valence-corrected chi connectivity index (χ1v) is 15.6. The van der Waals surface area contributed by atoms with E-state index in [0.717, 1.165) is 12.8 Å². The van der Waals surface area contributed by atoms with Crippen molar-refractivity contribution in [2.24, 2.45) is 0 Å². The molecule has 0 radical (unpaired) electrons. The molecule has 0 unspecified atom stereocenters. The van der Waals surface area contributed by atoms with E-state index in [1.807, 2.05) is 0 Å². The average molecular weight is 355 g/mol. The van der Waals surface area contributed by atoms with Crippen molar-refractivity contribution in [3.63, 3.8) is 0 Å². The number of hydrogen-bond acceptors (Lipinski definition) is 1. The summed E-state index contributed by atoms with van der Waals surface area (Å²) in [6.07, 6.45) is 12.7. The van der Waals surface area contributed by atoms with Gasteiger partial charge in [-0.2, -0.15) is 0 Å². The molecule has 0 bridgehead atoms. The van der Waals surface area contributed by atoms with Crippen molar-refractivity contribution in [3.8, 4) is 0 Å². The van der Waals surface area contributed by atoms with Crippen molar-refractivity contribution in [3.05, 3.63) is 23.6 Å². The zero-order chi connectivity index (χ0) is 17.9. The van der Waals surface area contributed by atoms with Crippen LogP contribution < -0.4 is 0 Å². The molecular weight excluding hydrogens is 312 g/mol. The number of allylic oxidation sites excluding steroid dienone is 2. The van der Waals surface area contributed by atoms with Crippen LogP contribution in [0.4, 0.5) is 0 Å². The first-order valence-electron chi connectivity index (χ1n) is 9.74. The minimum absolute atomic E-state index is 1.15. The second-order valence-corrected chi connectivity index (χ2v) is 16.2. The summed E-state index contributed by atoms with van der Waals surface area (Å²) in [5, 5.41) is 2.76. The van der Waals surface area contributed by atoms with E-state index in [-0.39, 0.29) is 0 Å². The van der Waals surface area contributed by atoms with Crippen molar-refractivity contribution in [2.45, 2.75) is 104 Å². The van der Waals surface area contributed by atoms with E-state index in [4.69, 9.17) is 4.12 Å². The topological polar surface area (TPSA) is 9.23 Å². The van der Waals surface area contributed by atoms with E-state index < -0.39 is 16.6 Å². The van der Waals surface area contributed by atoms with Crippen molar-refractivity contribution >= 4 is 16.6 Å². The van der Waals surface area contributed by atoms with Crippen molar-refractivity contribution in [2.75, 3.05) is 0 Å². The lowest BCUT2D eigenvalue weighted by molar-refractivity contribution is 0.550. The minimum atomic E-state index is -1.81. The lowest BCUT2D eigenvalue weighted by Crippen LogP contribution is -2.47. The van der Waals surface area contributed by atoms with Gasteiger partial charge in [0, 0.05) is 0 Å². The fourth-order valence-electron chi connectivity index (χ4n) is 2.91. The lowest BCUT2D eigenvalue weighted by atomic mass is 10.1. The maximum absolute atomic E-state index is 6.74. The molecule has 0 aromatic carbocycles. The second-order valence-electron chi connectivity index (χ2n) is 7.95. The summed E-state index contributed by atoms with van der Waals surface area (Å²) in [7, 11) is -3.63. The maximum atomic E-state index is 6.74. The molecule has 0 amide bonds. The molecule has 0 aliphatic carbocycles. The molecule has 0 aliphatic heterocycles. The van der Waals surface area contributed by atoms with Crippen LogP contribution in [0.5, 0.6) is 0 Å². The molecule has 136 valence electrons. The van der Waals surface area contributed by atoms with Gasteiger partial charge in [0.1, 0.15) is 0 Å². The summed E-state index contributed by atoms with van der Waals surface area (Å²) in [6.45, 7) is 22.6. The average Bonchev–Trinajstić information content (AvgIpc) is 2.46. The third-order valence-electron chi connectivity index (χ3n) is 4.88. The number of rotatable bonds is 14. The lowest BCUT2D eigenvalue weighted by Gasteiger charge is -2.36. The number of hydrogen-bond donors (Lipinski definition) is 0. The molecule has 0 saturated heterocycles. The van der Waals surface area contributed by atoms with Gasteiger partial charge < -0.3 is 4.12 Å². The predicted octanol–water partition coefficient (Wildman–Crippen LogP) is 7.54. The molecule has 0 N–H and O–H groups in total. The summed E-state index contributed by atoms with van der Waals surface area (Å²) >= 11 is 0. The summed E-state index contributed by atoms with van der Waals surface area (Å²) < 4.78 is 6.74. The van der Waals surface area contributed by atoms with Gasteiger partial charge in [0.2, 0.25) is 16.6 Å². The molecular formula is C20H42OSi2. The van der Waals surface area contributed by atoms with Crippen LogP contribution in [0.2, 0.25) is 26.2 Å². The fraction of sp³-hybridized carbons (Fsp3) is 0.800. The Labute approximate surface area is 148 Å². The normalized spacial score (nSPS) is 12.4. The van der Waals surface area contributed by atoms with Crippen LogP contribution in [0, 0.1) is 0 Å². The highest BCUT2D eigenvalue weighted by molar-refractivity contribution is 6.91. The standard InChI is InChI=1S/C20H42OSi2/c1-9-11-13-15-17-19(3)22(5,6)21-23(7,8)20(4)18-16-14-12-10-2/h3-4,9-18H2,1-2,5-8H3. The van der Waals surface area contributed by atoms with Crippen LogP contribution in [0.15, 0.2) is 23.6 Å². The molecule has 0 heterocycles. The van der Waals surface area contributed by atoms with Gasteiger partial charge in [0.25, 0.3) is 0 Å². The van der Waals surface area contributed by atoms with Gasteiger partial charge in [-0.05, 0) is 51.9 Å². The predicted molar refractivity (Wildman–Crippen MR) is 112 cm³/mol. The van der Waals surface area contributed by atoms with Gasteiger partial charge in [-0.25, -0.2) is 0 Å². The van der Waals surface area contributed by atoms with Crippen LogP contribution >= 0.6 is 0 Å². The monoisotopic (exact) mass is 354 g/mol. The van der Waals surface area contributed by atoms with Gasteiger partial charge in [-0.3, -0.25) is 0 Å². The summed E-state index contributed by atoms with van der Waals surface area (Å²) in [5.41, 5.74) is 0. The van der Waals surface area contributed by atoms with E-state index in [1.54, 1.807) is 0 Å². The first-order chi connectivity index (χ1) is 10.7. The van der Waals surface area contributed by atoms with E-state index in [1.165, 1.54) is 61.8 Å². The molecule has 0 saturated carbocycles. The van der Waals surface area contributed by atoms with Crippen molar-refractivity contribution < 1.29 is 4.12 Å². The van der Waals surface area contributed by atoms with Crippen LogP contribution in [0.25, 0.3) is 0 Å². The van der Waals surface area contributed by atoms with Crippen molar-refractivity contribution in [1.29, 1.82) is 0 Å². The van der Waals surface area contributed by atoms with Gasteiger partial charge >= 0.3 is 0 Å². The molecule has 0 fully saturated rings. The Morgan fingerprint density at radius 2 is 1.00 bits per heavy atom. The van der Waals surface area contributed by atoms with Crippen molar-refractivity contribution in [1.82, 2.24) is 0 Å². The van der Waals surface area contributed by atoms with Crippen LogP contribution in [-0.4, -0.2) is 16.6 Å². The molecule has 0 aromatic rings. The van der Waals surface area contributed by atoms with E-state index in [0.29, 0.717) is 0 Å². The summed E-state index contributed by atoms with van der Waals surface area (Å²) in [6, 6.07) is 0. The fourth-order valence-corrected chi connectivity index (χ4v) is 10.7. The zero-order valence-electron chi connectivity index (χ0n) is 16.9. The minimum Gasteiger partial charge on any atom is -0.449 e. The zero-order valence-corrected chi connectivity index (χ0v) is 18.9. The second kappa shape index (κ2) is 11.4. The SMILES string of the molecule is C=C(CCCCCC)[Si](C)(C)O[Si](C)(C)C(=C)CCCCCC. The van der Waals surface area contributed by atoms with Crippen LogP contribution in [-0.2, 0) is 4.12 Å². The molecule has 23 heavy (non-hydrogen) atoms. The Bertz CT molecular complexity index is 325. The molecule has 0 rings (SSSR count). The highest BCUT2D eigenvalue weighted by Crippen LogP contribution is 2.29. The molecule has 1 nitrogen and oxygen atoms in total. The Balaban J connectivity index is 4.41. The Morgan fingerprint density at radius 1 is 0.652 bits per heavy atom. The maximum Gasteiger partial charge on any atom is 0.201 e. The molecule has 0 spiro atoms. The van der Waals surface area contributed by atoms with Gasteiger partial charge in [0.15, 0.2) is 0 Å². The quantitative estimate of drug-likeness (QED) is 0.231. The molecule has 0 aliphatic rings. The molecule has 3 heteroatoms. The van der Waals surface area contributed by atoms with Gasteiger partial charge in [-0.15, -0.1) is 13.2 Å². The van der Waals surface area contributed by atoms with E-state index in [2.05, 4.69) is 53.2 Å². The van der Waals surface area contributed by atoms with Gasteiger partial charge in [0.05, 0.1) is 0 Å². The third kappa shape index (κ3) is 9.68. The van der Waals surface area contributed by atoms with Crippen LogP contribution in [0.1, 0.15) is 78.1 Å². The molecule has 0 aromatic heterocycles. The van der Waals surface area contributed by atoms with Gasteiger partial charge in [-0.1, -0.05) is 62.8 Å². The Hall–Kier alpha value is -0.126. The van der Waals surface area contributed by atoms with E-state index >= 15 is 0 Å². The first kappa shape index (κ1) is 22.9. The largest absolute Gasteiger partial charge is 0.449 e. The Kier molecular flexibility index (Phi) is 11.4. The molecule has 0 atom stereocenters. The van der Waals surface area contributed by atoms with E-state index in [9.17, 15) is 0 Å². The summed E-state index contributed by atoms with van der Waals surface area (Å²) in [5.74, 6) is 0. The highest BCUT2D eigenvalue weighted by Gasteiger charge is 2.36. The Morgan fingerprint density at radius 3 is 1.30 bits per heavy atom. The van der Waals surface area contributed by atoms with Crippen LogP contribution in [0.3, 0.4) is 0 Å².